The van der Waals surface area contributed by atoms with Crippen molar-refractivity contribution < 1.29 is 27.5 Å². The molecule has 0 saturated carbocycles. The third-order valence-corrected chi connectivity index (χ3v) is 7.29. The van der Waals surface area contributed by atoms with Gasteiger partial charge in [-0.3, -0.25) is 14.3 Å². The quantitative estimate of drug-likeness (QED) is 0.561. The molecular formula is C25H27F3N6O3. The molecule has 1 atom stereocenters. The van der Waals surface area contributed by atoms with Gasteiger partial charge in [-0.2, -0.15) is 18.3 Å². The Morgan fingerprint density at radius 1 is 1.22 bits per heavy atom. The average molecular weight is 517 g/mol. The van der Waals surface area contributed by atoms with Crippen LogP contribution in [0.4, 0.5) is 13.2 Å². The maximum absolute atomic E-state index is 13.7. The summed E-state index contributed by atoms with van der Waals surface area (Å²) in [7, 11) is 3.29. The van der Waals surface area contributed by atoms with Crippen molar-refractivity contribution >= 4 is 11.8 Å². The fourth-order valence-corrected chi connectivity index (χ4v) is 5.37. The minimum absolute atomic E-state index is 0.121. The summed E-state index contributed by atoms with van der Waals surface area (Å²) in [6.45, 7) is 2.10. The number of nitrogens with two attached hydrogens (primary N) is 1. The molecule has 2 aromatic heterocycles. The van der Waals surface area contributed by atoms with E-state index in [0.717, 1.165) is 5.56 Å². The molecule has 12 heteroatoms. The Balaban J connectivity index is 1.69. The lowest BCUT2D eigenvalue weighted by Crippen LogP contribution is -2.54. The highest BCUT2D eigenvalue weighted by Gasteiger charge is 2.46. The second kappa shape index (κ2) is 8.63. The number of hydrogen-bond acceptors (Lipinski definition) is 5. The van der Waals surface area contributed by atoms with Crippen molar-refractivity contribution in [1.29, 1.82) is 0 Å². The summed E-state index contributed by atoms with van der Waals surface area (Å²) in [6.07, 6.45) is -2.68. The van der Waals surface area contributed by atoms with Crippen LogP contribution in [0.15, 0.2) is 24.4 Å². The van der Waals surface area contributed by atoms with E-state index >= 15 is 0 Å². The number of carbonyl (C=O) groups excluding carboxylic acids is 2. The Kier molecular flexibility index (Phi) is 5.80. The fourth-order valence-electron chi connectivity index (χ4n) is 5.37. The molecule has 4 heterocycles. The summed E-state index contributed by atoms with van der Waals surface area (Å²) in [5.74, 6) is -0.829. The number of imidazole rings is 1. The Bertz CT molecular complexity index is 1410. The number of aryl methyl sites for hydroxylation is 2. The van der Waals surface area contributed by atoms with E-state index in [2.05, 4.69) is 10.1 Å². The lowest BCUT2D eigenvalue weighted by atomic mass is 9.92. The number of likely N-dealkylation sites (tertiary alicyclic amines) is 1. The number of rotatable bonds is 5. The molecule has 3 aromatic rings. The summed E-state index contributed by atoms with van der Waals surface area (Å²) >= 11 is 0. The number of nitrogens with zero attached hydrogens (tertiary/aromatic N) is 5. The van der Waals surface area contributed by atoms with Crippen LogP contribution in [0, 0.1) is 0 Å². The molecule has 1 fully saturated rings. The van der Waals surface area contributed by atoms with Crippen molar-refractivity contribution in [2.24, 2.45) is 12.8 Å². The van der Waals surface area contributed by atoms with Crippen LogP contribution in [-0.2, 0) is 31.2 Å². The van der Waals surface area contributed by atoms with Crippen molar-refractivity contribution in [1.82, 2.24) is 24.2 Å². The third kappa shape index (κ3) is 4.13. The highest BCUT2D eigenvalue weighted by Crippen LogP contribution is 2.42. The first-order valence-electron chi connectivity index (χ1n) is 11.9. The largest absolute Gasteiger partial charge is 0.496 e. The number of primary amides is 1. The lowest BCUT2D eigenvalue weighted by Gasteiger charge is -2.32. The molecule has 2 amide bonds. The zero-order chi connectivity index (χ0) is 26.7. The van der Waals surface area contributed by atoms with Crippen LogP contribution in [0.25, 0.3) is 22.5 Å². The van der Waals surface area contributed by atoms with E-state index in [4.69, 9.17) is 10.5 Å². The fraction of sp³-hybridized carbons (Fsp3) is 0.440. The number of aromatic nitrogens is 4. The van der Waals surface area contributed by atoms with Crippen LogP contribution >= 0.6 is 0 Å². The third-order valence-electron chi connectivity index (χ3n) is 7.29. The van der Waals surface area contributed by atoms with E-state index in [9.17, 15) is 22.8 Å². The van der Waals surface area contributed by atoms with Crippen LogP contribution in [-0.4, -0.2) is 61.4 Å². The Morgan fingerprint density at radius 3 is 2.59 bits per heavy atom. The van der Waals surface area contributed by atoms with Crippen LogP contribution in [0.2, 0.25) is 0 Å². The normalized spacial score (nSPS) is 19.0. The molecule has 5 rings (SSSR count). The van der Waals surface area contributed by atoms with Crippen LogP contribution in [0.3, 0.4) is 0 Å². The predicted octanol–water partition coefficient (Wildman–Crippen LogP) is 3.10. The second-order valence-corrected chi connectivity index (χ2v) is 9.71. The van der Waals surface area contributed by atoms with Gasteiger partial charge in [0.1, 0.15) is 11.3 Å². The SMILES string of the molecule is COc1cc2c(cc1-c1ccn(C)n1)-c1c(CC(F)(F)F)nc(C(=O)N3CCC[C@]3(C)C(N)=O)n1CC2. The van der Waals surface area contributed by atoms with Gasteiger partial charge in [0.05, 0.1) is 30.6 Å². The van der Waals surface area contributed by atoms with E-state index in [1.54, 1.807) is 47.6 Å². The molecular weight excluding hydrogens is 489 g/mol. The summed E-state index contributed by atoms with van der Waals surface area (Å²) in [5, 5.41) is 4.42. The van der Waals surface area contributed by atoms with Gasteiger partial charge in [-0.15, -0.1) is 0 Å². The van der Waals surface area contributed by atoms with E-state index in [1.165, 1.54) is 12.0 Å². The van der Waals surface area contributed by atoms with Crippen molar-refractivity contribution in [2.75, 3.05) is 13.7 Å². The Hall–Kier alpha value is -3.83. The summed E-state index contributed by atoms with van der Waals surface area (Å²) in [6, 6.07) is 5.34. The van der Waals surface area contributed by atoms with Gasteiger partial charge in [0.25, 0.3) is 5.91 Å². The van der Waals surface area contributed by atoms with Gasteiger partial charge >= 0.3 is 6.18 Å². The van der Waals surface area contributed by atoms with Crippen LogP contribution in [0.1, 0.15) is 41.6 Å². The number of methoxy groups -OCH3 is 1. The Morgan fingerprint density at radius 2 is 1.97 bits per heavy atom. The molecule has 0 spiro atoms. The average Bonchev–Trinajstić information content (AvgIpc) is 3.54. The second-order valence-electron chi connectivity index (χ2n) is 9.71. The monoisotopic (exact) mass is 516 g/mol. The smallest absolute Gasteiger partial charge is 0.394 e. The van der Waals surface area contributed by atoms with E-state index < -0.39 is 30.0 Å². The van der Waals surface area contributed by atoms with Crippen LogP contribution < -0.4 is 10.5 Å². The number of alkyl halides is 3. The molecule has 1 aromatic carbocycles. The van der Waals surface area contributed by atoms with Gasteiger partial charge in [0.2, 0.25) is 5.91 Å². The zero-order valence-corrected chi connectivity index (χ0v) is 20.7. The van der Waals surface area contributed by atoms with E-state index in [-0.39, 0.29) is 30.3 Å². The van der Waals surface area contributed by atoms with Gasteiger partial charge in [-0.05, 0) is 49.9 Å². The molecule has 2 aliphatic rings. The first kappa shape index (κ1) is 24.8. The molecule has 0 bridgehead atoms. The van der Waals surface area contributed by atoms with E-state index in [0.29, 0.717) is 41.8 Å². The summed E-state index contributed by atoms with van der Waals surface area (Å²) in [4.78, 5) is 31.4. The molecule has 2 N–H and O–H groups in total. The van der Waals surface area contributed by atoms with Crippen molar-refractivity contribution in [2.45, 2.75) is 50.9 Å². The maximum Gasteiger partial charge on any atom is 0.394 e. The Labute approximate surface area is 211 Å². The molecule has 37 heavy (non-hydrogen) atoms. The summed E-state index contributed by atoms with van der Waals surface area (Å²) in [5.41, 5.74) is 6.91. The molecule has 2 aliphatic heterocycles. The van der Waals surface area contributed by atoms with Crippen molar-refractivity contribution in [3.05, 3.63) is 41.5 Å². The van der Waals surface area contributed by atoms with Gasteiger partial charge < -0.3 is 19.9 Å². The molecule has 0 unspecified atom stereocenters. The van der Waals surface area contributed by atoms with Gasteiger partial charge in [0.15, 0.2) is 5.82 Å². The molecule has 196 valence electrons. The standard InChI is InChI=1S/C25H27F3N6O3/c1-24(23(29)36)7-4-8-34(24)22(35)21-30-18(13-25(26,27)28)20-15-12-16(17-6-9-32(2)31-17)19(37-3)11-14(15)5-10-33(20)21/h6,9,11-12H,4-5,7-8,10,13H2,1-3H3,(H2,29,36)/t24-/m1/s1. The number of carbonyl (C=O) groups is 2. The lowest BCUT2D eigenvalue weighted by molar-refractivity contribution is -0.128. The highest BCUT2D eigenvalue weighted by atomic mass is 19.4. The number of benzene rings is 1. The molecule has 1 saturated heterocycles. The highest BCUT2D eigenvalue weighted by molar-refractivity contribution is 5.98. The van der Waals surface area contributed by atoms with Crippen molar-refractivity contribution in [3.63, 3.8) is 0 Å². The minimum atomic E-state index is -4.54. The van der Waals surface area contributed by atoms with Gasteiger partial charge in [0, 0.05) is 37.5 Å². The number of ether oxygens (including phenoxy) is 1. The number of fused-ring (bicyclic) bond motifs is 3. The number of hydrogen-bond donors (Lipinski definition) is 1. The van der Waals surface area contributed by atoms with Gasteiger partial charge in [-0.1, -0.05) is 0 Å². The first-order valence-corrected chi connectivity index (χ1v) is 11.9. The van der Waals surface area contributed by atoms with Crippen molar-refractivity contribution in [3.8, 4) is 28.3 Å². The maximum atomic E-state index is 13.7. The molecule has 0 aliphatic carbocycles. The zero-order valence-electron chi connectivity index (χ0n) is 20.7. The predicted molar refractivity (Wildman–Crippen MR) is 128 cm³/mol. The summed E-state index contributed by atoms with van der Waals surface area (Å²) < 4.78 is 49.7. The topological polar surface area (TPSA) is 108 Å². The number of halogens is 3. The number of amides is 2. The molecule has 0 radical (unpaired) electrons. The first-order chi connectivity index (χ1) is 17.4. The van der Waals surface area contributed by atoms with E-state index in [1.807, 2.05) is 0 Å². The minimum Gasteiger partial charge on any atom is -0.496 e. The van der Waals surface area contributed by atoms with Gasteiger partial charge in [-0.25, -0.2) is 4.98 Å². The molecule has 9 nitrogen and oxygen atoms in total. The van der Waals surface area contributed by atoms with Crippen LogP contribution in [0.5, 0.6) is 5.75 Å².